The number of hydrogen-bond acceptors (Lipinski definition) is 3. The average Bonchev–Trinajstić information content (AvgIpc) is 3.06. The van der Waals surface area contributed by atoms with Gasteiger partial charge in [0.15, 0.2) is 0 Å². The molecule has 0 aliphatic heterocycles. The van der Waals surface area contributed by atoms with Crippen molar-refractivity contribution < 1.29 is 14.6 Å². The molecule has 2 saturated carbocycles. The summed E-state index contributed by atoms with van der Waals surface area (Å²) in [7, 11) is 3.73. The molecule has 4 aliphatic carbocycles. The Morgan fingerprint density at radius 1 is 1.13 bits per heavy atom. The molecular formula is C28H42O3. The van der Waals surface area contributed by atoms with E-state index >= 15 is 0 Å². The lowest BCUT2D eigenvalue weighted by molar-refractivity contribution is -0.246. The maximum atomic E-state index is 12.1. The first-order chi connectivity index (χ1) is 14.6. The Morgan fingerprint density at radius 3 is 2.48 bits per heavy atom. The molecule has 2 bridgehead atoms. The molecule has 4 aliphatic rings. The summed E-state index contributed by atoms with van der Waals surface area (Å²) in [6.07, 6.45) is 8.14. The molecule has 0 aromatic heterocycles. The van der Waals surface area contributed by atoms with Gasteiger partial charge >= 0.3 is 0 Å². The minimum Gasteiger partial charge on any atom is -0.496 e. The van der Waals surface area contributed by atoms with E-state index in [1.165, 1.54) is 31.2 Å². The fourth-order valence-electron chi connectivity index (χ4n) is 8.97. The number of methoxy groups -OCH3 is 2. The van der Waals surface area contributed by atoms with Crippen molar-refractivity contribution in [2.24, 2.45) is 29.1 Å². The maximum absolute atomic E-state index is 12.1. The number of rotatable bonds is 4. The predicted molar refractivity (Wildman–Crippen MR) is 125 cm³/mol. The van der Waals surface area contributed by atoms with Crippen LogP contribution in [-0.2, 0) is 23.0 Å². The average molecular weight is 427 g/mol. The van der Waals surface area contributed by atoms with Crippen molar-refractivity contribution in [3.63, 3.8) is 0 Å². The number of hydrogen-bond donors (Lipinski definition) is 1. The minimum absolute atomic E-state index is 0.126. The number of benzene rings is 1. The molecule has 0 amide bonds. The van der Waals surface area contributed by atoms with Gasteiger partial charge in [-0.05, 0) is 85.5 Å². The second-order valence-electron chi connectivity index (χ2n) is 12.2. The van der Waals surface area contributed by atoms with Crippen LogP contribution in [0.15, 0.2) is 12.1 Å². The fraction of sp³-hybridized carbons (Fsp3) is 0.786. The van der Waals surface area contributed by atoms with Crippen LogP contribution in [0.5, 0.6) is 5.75 Å². The first-order valence-electron chi connectivity index (χ1n) is 12.5. The van der Waals surface area contributed by atoms with Gasteiger partial charge in [-0.1, -0.05) is 40.2 Å². The lowest BCUT2D eigenvalue weighted by atomic mass is 9.40. The normalized spacial score (nSPS) is 40.3. The summed E-state index contributed by atoms with van der Waals surface area (Å²) in [6.45, 7) is 11.0. The van der Waals surface area contributed by atoms with Crippen molar-refractivity contribution in [2.75, 3.05) is 14.2 Å². The zero-order valence-electron chi connectivity index (χ0n) is 20.7. The van der Waals surface area contributed by atoms with Crippen molar-refractivity contribution >= 4 is 0 Å². The summed E-state index contributed by atoms with van der Waals surface area (Å²) in [4.78, 5) is 0. The van der Waals surface area contributed by atoms with Gasteiger partial charge in [-0.3, -0.25) is 0 Å². The smallest absolute Gasteiger partial charge is 0.122 e. The van der Waals surface area contributed by atoms with Crippen LogP contribution in [0, 0.1) is 29.1 Å². The standard InChI is InChI=1S/C28H42O3/c1-8-28(31-7)22(26(5,29)25(2,3)4)16-20-17-10-9-13-27(20)23(28)15-19-21(30-6)12-11-18(14-17)24(19)27/h11-12,17,20,22-23,29H,8-10,13-16H2,1-7H3/t17-,20?,22-,23-,26?,27-,28-/m0/s1. The maximum Gasteiger partial charge on any atom is 0.122 e. The lowest BCUT2D eigenvalue weighted by Gasteiger charge is -2.67. The first-order valence-corrected chi connectivity index (χ1v) is 12.5. The van der Waals surface area contributed by atoms with E-state index in [1.807, 2.05) is 14.2 Å². The molecule has 2 fully saturated rings. The molecule has 5 rings (SSSR count). The Kier molecular flexibility index (Phi) is 4.73. The second-order valence-corrected chi connectivity index (χ2v) is 12.2. The van der Waals surface area contributed by atoms with Crippen LogP contribution in [0.4, 0.5) is 0 Å². The van der Waals surface area contributed by atoms with Crippen molar-refractivity contribution in [1.29, 1.82) is 0 Å². The monoisotopic (exact) mass is 426 g/mol. The third kappa shape index (κ3) is 2.48. The topological polar surface area (TPSA) is 38.7 Å². The molecule has 1 N–H and O–H groups in total. The van der Waals surface area contributed by atoms with Crippen LogP contribution in [-0.4, -0.2) is 30.5 Å². The third-order valence-corrected chi connectivity index (χ3v) is 10.7. The Labute approximate surface area is 188 Å². The fourth-order valence-corrected chi connectivity index (χ4v) is 8.97. The van der Waals surface area contributed by atoms with E-state index in [4.69, 9.17) is 9.47 Å². The first kappa shape index (κ1) is 21.8. The van der Waals surface area contributed by atoms with E-state index < -0.39 is 5.60 Å². The van der Waals surface area contributed by atoms with Crippen molar-refractivity contribution in [3.05, 3.63) is 28.8 Å². The second kappa shape index (κ2) is 6.73. The van der Waals surface area contributed by atoms with E-state index in [-0.39, 0.29) is 22.3 Å². The van der Waals surface area contributed by atoms with Crippen molar-refractivity contribution in [1.82, 2.24) is 0 Å². The molecule has 1 aromatic rings. The van der Waals surface area contributed by atoms with Crippen LogP contribution in [0.1, 0.15) is 83.4 Å². The summed E-state index contributed by atoms with van der Waals surface area (Å²) in [6, 6.07) is 4.57. The zero-order valence-corrected chi connectivity index (χ0v) is 20.7. The molecule has 3 nitrogen and oxygen atoms in total. The highest BCUT2D eigenvalue weighted by Gasteiger charge is 2.71. The SMILES string of the molecule is CC[C@@]1(OC)[C@H]2Cc3c(OC)ccc4c3[C@]23CCC[C@@H](C4)C3C[C@H]1C(C)(O)C(C)(C)C. The minimum atomic E-state index is -0.798. The van der Waals surface area contributed by atoms with Crippen molar-refractivity contribution in [2.45, 2.75) is 96.2 Å². The van der Waals surface area contributed by atoms with E-state index in [9.17, 15) is 5.11 Å². The van der Waals surface area contributed by atoms with Gasteiger partial charge in [-0.25, -0.2) is 0 Å². The van der Waals surface area contributed by atoms with Crippen LogP contribution >= 0.6 is 0 Å². The number of aliphatic hydroxyl groups is 1. The van der Waals surface area contributed by atoms with E-state index in [1.54, 1.807) is 11.1 Å². The van der Waals surface area contributed by atoms with Gasteiger partial charge in [0.05, 0.1) is 18.3 Å². The molecule has 172 valence electrons. The van der Waals surface area contributed by atoms with Crippen LogP contribution < -0.4 is 4.74 Å². The Bertz CT molecular complexity index is 875. The number of ether oxygens (including phenoxy) is 2. The van der Waals surface area contributed by atoms with E-state index in [2.05, 4.69) is 46.8 Å². The highest BCUT2D eigenvalue weighted by Crippen LogP contribution is 2.71. The van der Waals surface area contributed by atoms with Gasteiger partial charge in [-0.15, -0.1) is 0 Å². The van der Waals surface area contributed by atoms with Gasteiger partial charge in [0.2, 0.25) is 0 Å². The Balaban J connectivity index is 1.77. The van der Waals surface area contributed by atoms with Crippen LogP contribution in [0.25, 0.3) is 0 Å². The van der Waals surface area contributed by atoms with Crippen LogP contribution in [0.2, 0.25) is 0 Å². The molecule has 0 heterocycles. The van der Waals surface area contributed by atoms with Gasteiger partial charge < -0.3 is 14.6 Å². The summed E-state index contributed by atoms with van der Waals surface area (Å²) < 4.78 is 12.5. The summed E-state index contributed by atoms with van der Waals surface area (Å²) in [5.41, 5.74) is 3.50. The molecular weight excluding hydrogens is 384 g/mol. The van der Waals surface area contributed by atoms with Crippen molar-refractivity contribution in [3.8, 4) is 5.75 Å². The van der Waals surface area contributed by atoms with Gasteiger partial charge in [0, 0.05) is 24.4 Å². The highest BCUT2D eigenvalue weighted by atomic mass is 16.5. The highest BCUT2D eigenvalue weighted by molar-refractivity contribution is 5.57. The molecule has 1 aromatic carbocycles. The molecule has 7 atom stereocenters. The molecule has 31 heavy (non-hydrogen) atoms. The summed E-state index contributed by atoms with van der Waals surface area (Å²) >= 11 is 0. The van der Waals surface area contributed by atoms with E-state index in [0.29, 0.717) is 11.8 Å². The van der Waals surface area contributed by atoms with Crippen LogP contribution in [0.3, 0.4) is 0 Å². The quantitative estimate of drug-likeness (QED) is 0.672. The van der Waals surface area contributed by atoms with Gasteiger partial charge in [-0.2, -0.15) is 0 Å². The molecule has 2 unspecified atom stereocenters. The zero-order chi connectivity index (χ0) is 22.4. The van der Waals surface area contributed by atoms with Gasteiger partial charge in [0.1, 0.15) is 5.75 Å². The molecule has 0 radical (unpaired) electrons. The Hall–Kier alpha value is -1.06. The molecule has 1 spiro atoms. The predicted octanol–water partition coefficient (Wildman–Crippen LogP) is 5.69. The summed E-state index contributed by atoms with van der Waals surface area (Å²) in [5.74, 6) is 2.96. The van der Waals surface area contributed by atoms with Gasteiger partial charge in [0.25, 0.3) is 0 Å². The summed E-state index contributed by atoms with van der Waals surface area (Å²) in [5, 5.41) is 12.1. The van der Waals surface area contributed by atoms with E-state index in [0.717, 1.165) is 30.9 Å². The lowest BCUT2D eigenvalue weighted by Crippen LogP contribution is -2.70. The third-order valence-electron chi connectivity index (χ3n) is 10.7. The molecule has 0 saturated heterocycles. The molecule has 3 heteroatoms. The Morgan fingerprint density at radius 2 is 1.87 bits per heavy atom. The largest absolute Gasteiger partial charge is 0.496 e.